The molecule has 0 atom stereocenters. The first-order chi connectivity index (χ1) is 13.5. The Morgan fingerprint density at radius 3 is 2.39 bits per heavy atom. The molecule has 0 spiro atoms. The number of hydrogen-bond donors (Lipinski definition) is 3. The minimum atomic E-state index is -3.51. The standard InChI is InChI=1S/C18H16N6O2S2/c1-19-28(25,26)14-4-2-3-12(7-14)23-17-9-18(21-10-20-17)24-13-5-6-15-16(8-13)27-11-22-15/h2-11,19H,1H3,(H2,20,21,23,24). The van der Waals surface area contributed by atoms with Crippen LogP contribution < -0.4 is 15.4 Å². The molecule has 4 rings (SSSR count). The Morgan fingerprint density at radius 2 is 1.64 bits per heavy atom. The third-order valence-electron chi connectivity index (χ3n) is 3.96. The van der Waals surface area contributed by atoms with Crippen LogP contribution in [0.15, 0.2) is 65.3 Å². The van der Waals surface area contributed by atoms with Gasteiger partial charge in [-0.05, 0) is 43.4 Å². The van der Waals surface area contributed by atoms with Gasteiger partial charge in [0.05, 0.1) is 20.6 Å². The van der Waals surface area contributed by atoms with Gasteiger partial charge in [0, 0.05) is 17.4 Å². The van der Waals surface area contributed by atoms with E-state index in [4.69, 9.17) is 0 Å². The molecule has 2 heterocycles. The van der Waals surface area contributed by atoms with Crippen molar-refractivity contribution in [3.63, 3.8) is 0 Å². The zero-order valence-corrected chi connectivity index (χ0v) is 16.4. The average Bonchev–Trinajstić information content (AvgIpc) is 3.16. The van der Waals surface area contributed by atoms with Gasteiger partial charge in [-0.25, -0.2) is 28.1 Å². The van der Waals surface area contributed by atoms with Crippen LogP contribution in [0.2, 0.25) is 0 Å². The van der Waals surface area contributed by atoms with Crippen LogP contribution in [0.1, 0.15) is 0 Å². The Morgan fingerprint density at radius 1 is 0.893 bits per heavy atom. The summed E-state index contributed by atoms with van der Waals surface area (Å²) in [5.74, 6) is 1.15. The van der Waals surface area contributed by atoms with Gasteiger partial charge in [-0.1, -0.05) is 6.07 Å². The lowest BCUT2D eigenvalue weighted by Crippen LogP contribution is -2.18. The molecule has 4 aromatic rings. The van der Waals surface area contributed by atoms with Gasteiger partial charge < -0.3 is 10.6 Å². The summed E-state index contributed by atoms with van der Waals surface area (Å²) in [6.45, 7) is 0. The van der Waals surface area contributed by atoms with E-state index in [1.165, 1.54) is 19.4 Å². The molecule has 2 aromatic heterocycles. The van der Waals surface area contributed by atoms with E-state index < -0.39 is 10.0 Å². The zero-order valence-electron chi connectivity index (χ0n) is 14.7. The highest BCUT2D eigenvalue weighted by Gasteiger charge is 2.11. The van der Waals surface area contributed by atoms with E-state index in [0.717, 1.165) is 15.9 Å². The Labute approximate surface area is 165 Å². The van der Waals surface area contributed by atoms with Crippen molar-refractivity contribution in [2.45, 2.75) is 4.90 Å². The summed E-state index contributed by atoms with van der Waals surface area (Å²) < 4.78 is 27.3. The van der Waals surface area contributed by atoms with Crippen LogP contribution in [0.4, 0.5) is 23.0 Å². The van der Waals surface area contributed by atoms with Crippen molar-refractivity contribution in [3.8, 4) is 0 Å². The van der Waals surface area contributed by atoms with Crippen LogP contribution in [0, 0.1) is 0 Å². The second kappa shape index (κ2) is 7.50. The number of rotatable bonds is 6. The van der Waals surface area contributed by atoms with Crippen molar-refractivity contribution in [2.75, 3.05) is 17.7 Å². The fourth-order valence-electron chi connectivity index (χ4n) is 2.58. The molecule has 0 aliphatic heterocycles. The summed E-state index contributed by atoms with van der Waals surface area (Å²) in [6.07, 6.45) is 1.43. The molecule has 8 nitrogen and oxygen atoms in total. The number of benzene rings is 2. The Kier molecular flexibility index (Phi) is 4.90. The van der Waals surface area contributed by atoms with Gasteiger partial charge in [0.2, 0.25) is 10.0 Å². The number of sulfonamides is 1. The summed E-state index contributed by atoms with van der Waals surface area (Å²) in [6, 6.07) is 14.1. The molecule has 0 amide bonds. The van der Waals surface area contributed by atoms with Crippen LogP contribution in [0.5, 0.6) is 0 Å². The maximum atomic E-state index is 12.0. The molecule has 0 bridgehead atoms. The molecule has 3 N–H and O–H groups in total. The van der Waals surface area contributed by atoms with E-state index in [-0.39, 0.29) is 4.90 Å². The lowest BCUT2D eigenvalue weighted by Gasteiger charge is -2.10. The molecule has 2 aromatic carbocycles. The van der Waals surface area contributed by atoms with E-state index in [1.807, 2.05) is 23.7 Å². The van der Waals surface area contributed by atoms with Crippen LogP contribution in [-0.2, 0) is 10.0 Å². The lowest BCUT2D eigenvalue weighted by atomic mass is 10.3. The fourth-order valence-corrected chi connectivity index (χ4v) is 4.07. The summed E-state index contributed by atoms with van der Waals surface area (Å²) in [7, 11) is -2.14. The zero-order chi connectivity index (χ0) is 19.6. The molecule has 10 heteroatoms. The molecule has 0 unspecified atom stereocenters. The van der Waals surface area contributed by atoms with Crippen LogP contribution >= 0.6 is 11.3 Å². The number of thiazole rings is 1. The second-order valence-electron chi connectivity index (χ2n) is 5.81. The van der Waals surface area contributed by atoms with Gasteiger partial charge in [-0.2, -0.15) is 0 Å². The molecule has 142 valence electrons. The molecular weight excluding hydrogens is 396 g/mol. The molecule has 0 saturated heterocycles. The van der Waals surface area contributed by atoms with Gasteiger partial charge in [0.25, 0.3) is 0 Å². The SMILES string of the molecule is CNS(=O)(=O)c1cccc(Nc2cc(Nc3ccc4ncsc4c3)ncn2)c1. The Balaban J connectivity index is 1.55. The molecular formula is C18H16N6O2S2. The summed E-state index contributed by atoms with van der Waals surface area (Å²) in [5.41, 5.74) is 4.26. The highest BCUT2D eigenvalue weighted by molar-refractivity contribution is 7.89. The van der Waals surface area contributed by atoms with Crippen LogP contribution in [0.3, 0.4) is 0 Å². The number of aromatic nitrogens is 3. The Bertz CT molecular complexity index is 1240. The van der Waals surface area contributed by atoms with Gasteiger partial charge in [-0.15, -0.1) is 11.3 Å². The van der Waals surface area contributed by atoms with Gasteiger partial charge in [0.1, 0.15) is 18.0 Å². The third kappa shape index (κ3) is 3.93. The highest BCUT2D eigenvalue weighted by Crippen LogP contribution is 2.25. The number of nitrogens with one attached hydrogen (secondary N) is 3. The summed E-state index contributed by atoms with van der Waals surface area (Å²) >= 11 is 1.57. The minimum Gasteiger partial charge on any atom is -0.340 e. The van der Waals surface area contributed by atoms with Gasteiger partial charge >= 0.3 is 0 Å². The van der Waals surface area contributed by atoms with Crippen molar-refractivity contribution in [1.29, 1.82) is 0 Å². The first-order valence-corrected chi connectivity index (χ1v) is 10.6. The van der Waals surface area contributed by atoms with Crippen molar-refractivity contribution >= 4 is 54.6 Å². The Hall–Kier alpha value is -3.08. The smallest absolute Gasteiger partial charge is 0.240 e. The van der Waals surface area contributed by atoms with E-state index in [9.17, 15) is 8.42 Å². The molecule has 0 aliphatic carbocycles. The molecule has 0 radical (unpaired) electrons. The normalized spacial score (nSPS) is 11.5. The van der Waals surface area contributed by atoms with Crippen LogP contribution in [-0.4, -0.2) is 30.4 Å². The van der Waals surface area contributed by atoms with Crippen LogP contribution in [0.25, 0.3) is 10.2 Å². The van der Waals surface area contributed by atoms with Gasteiger partial charge in [0.15, 0.2) is 0 Å². The number of hydrogen-bond acceptors (Lipinski definition) is 8. The summed E-state index contributed by atoms with van der Waals surface area (Å²) in [5, 5.41) is 6.34. The van der Waals surface area contributed by atoms with Gasteiger partial charge in [-0.3, -0.25) is 0 Å². The minimum absolute atomic E-state index is 0.172. The average molecular weight is 413 g/mol. The molecule has 0 aliphatic rings. The molecule has 0 fully saturated rings. The maximum Gasteiger partial charge on any atom is 0.240 e. The predicted molar refractivity (Wildman–Crippen MR) is 111 cm³/mol. The maximum absolute atomic E-state index is 12.0. The third-order valence-corrected chi connectivity index (χ3v) is 6.16. The van der Waals surface area contributed by atoms with Crippen molar-refractivity contribution in [3.05, 3.63) is 60.4 Å². The number of fused-ring (bicyclic) bond motifs is 1. The molecule has 28 heavy (non-hydrogen) atoms. The first-order valence-electron chi connectivity index (χ1n) is 8.26. The quantitative estimate of drug-likeness (QED) is 0.445. The molecule has 0 saturated carbocycles. The van der Waals surface area contributed by atoms with Crippen molar-refractivity contribution in [1.82, 2.24) is 19.7 Å². The largest absolute Gasteiger partial charge is 0.340 e. The topological polar surface area (TPSA) is 109 Å². The van der Waals surface area contributed by atoms with E-state index in [0.29, 0.717) is 17.3 Å². The van der Waals surface area contributed by atoms with Crippen molar-refractivity contribution in [2.24, 2.45) is 0 Å². The van der Waals surface area contributed by atoms with Crippen molar-refractivity contribution < 1.29 is 8.42 Å². The monoisotopic (exact) mass is 412 g/mol. The van der Waals surface area contributed by atoms with E-state index >= 15 is 0 Å². The van der Waals surface area contributed by atoms with E-state index in [1.54, 1.807) is 35.6 Å². The highest BCUT2D eigenvalue weighted by atomic mass is 32.2. The number of anilines is 4. The number of nitrogens with zero attached hydrogens (tertiary/aromatic N) is 3. The van der Waals surface area contributed by atoms with E-state index in [2.05, 4.69) is 30.3 Å². The lowest BCUT2D eigenvalue weighted by molar-refractivity contribution is 0.588. The predicted octanol–water partition coefficient (Wildman–Crippen LogP) is 3.48. The first kappa shape index (κ1) is 18.3. The second-order valence-corrected chi connectivity index (χ2v) is 8.58. The fraction of sp³-hybridized carbons (Fsp3) is 0.0556. The summed E-state index contributed by atoms with van der Waals surface area (Å²) in [4.78, 5) is 12.9.